The summed E-state index contributed by atoms with van der Waals surface area (Å²) >= 11 is 0. The number of esters is 2. The van der Waals surface area contributed by atoms with E-state index in [9.17, 15) is 14.7 Å². The number of rotatable bonds is 34. The fraction of sp³-hybridized carbons (Fsp3) is 0.674. The van der Waals surface area contributed by atoms with Crippen molar-refractivity contribution in [2.75, 3.05) is 13.2 Å². The second-order valence-electron chi connectivity index (χ2n) is 12.6. The summed E-state index contributed by atoms with van der Waals surface area (Å²) in [5.41, 5.74) is 0. The normalized spacial score (nSPS) is 13.0. The van der Waals surface area contributed by atoms with Gasteiger partial charge in [-0.15, -0.1) is 0 Å². The second-order valence-corrected chi connectivity index (χ2v) is 12.6. The molecule has 0 aliphatic carbocycles. The molecule has 0 amide bonds. The van der Waals surface area contributed by atoms with E-state index in [1.807, 2.05) is 0 Å². The molecule has 0 rings (SSSR count). The van der Waals surface area contributed by atoms with Crippen molar-refractivity contribution in [1.29, 1.82) is 0 Å². The number of unbranched alkanes of at least 4 members (excludes halogenated alkanes) is 14. The Bertz CT molecular complexity index is 895. The first kappa shape index (κ1) is 45.3. The molecule has 0 saturated heterocycles. The first-order valence-electron chi connectivity index (χ1n) is 19.5. The second kappa shape index (κ2) is 38.8. The van der Waals surface area contributed by atoms with E-state index in [4.69, 9.17) is 9.47 Å². The molecule has 0 bridgehead atoms. The highest BCUT2D eigenvalue weighted by atomic mass is 16.6. The van der Waals surface area contributed by atoms with Crippen LogP contribution >= 0.6 is 0 Å². The van der Waals surface area contributed by atoms with Gasteiger partial charge in [-0.25, -0.2) is 0 Å². The maximum Gasteiger partial charge on any atom is 0.306 e. The number of carbonyl (C=O) groups is 2. The fourth-order valence-corrected chi connectivity index (χ4v) is 5.09. The predicted octanol–water partition coefficient (Wildman–Crippen LogP) is 12.2. The SMILES string of the molecule is CC/C=C\C/C=C\C/C=C\C/C=C\C/C=C\C/C=C\CCCCC(=O)OC(CO)COC(=O)CCCCCCCCCCCCCCC. The average molecular weight is 669 g/mol. The van der Waals surface area contributed by atoms with Crippen LogP contribution in [0.15, 0.2) is 72.9 Å². The first-order chi connectivity index (χ1) is 23.6. The van der Waals surface area contributed by atoms with E-state index in [0.29, 0.717) is 12.8 Å². The molecule has 0 aliphatic heterocycles. The zero-order chi connectivity index (χ0) is 35.0. The Hall–Kier alpha value is -2.66. The molecule has 0 aromatic heterocycles. The Balaban J connectivity index is 3.69. The van der Waals surface area contributed by atoms with Gasteiger partial charge in [0.05, 0.1) is 6.61 Å². The van der Waals surface area contributed by atoms with Crippen LogP contribution in [-0.2, 0) is 19.1 Å². The third kappa shape index (κ3) is 36.2. The van der Waals surface area contributed by atoms with Gasteiger partial charge in [-0.3, -0.25) is 9.59 Å². The summed E-state index contributed by atoms with van der Waals surface area (Å²) in [6.45, 7) is 3.97. The van der Waals surface area contributed by atoms with Crippen LogP contribution in [0.4, 0.5) is 0 Å². The van der Waals surface area contributed by atoms with Crippen molar-refractivity contribution in [2.24, 2.45) is 0 Å². The lowest BCUT2D eigenvalue weighted by Crippen LogP contribution is -2.28. The third-order valence-electron chi connectivity index (χ3n) is 8.01. The molecule has 0 radical (unpaired) electrons. The Morgan fingerprint density at radius 2 is 0.896 bits per heavy atom. The molecule has 1 atom stereocenters. The Morgan fingerprint density at radius 1 is 0.500 bits per heavy atom. The molecule has 5 heteroatoms. The Kier molecular flexibility index (Phi) is 36.6. The van der Waals surface area contributed by atoms with E-state index in [2.05, 4.69) is 86.8 Å². The van der Waals surface area contributed by atoms with Gasteiger partial charge < -0.3 is 14.6 Å². The lowest BCUT2D eigenvalue weighted by molar-refractivity contribution is -0.161. The number of allylic oxidation sites excluding steroid dienone is 12. The molecular formula is C43H72O5. The number of aliphatic hydroxyl groups excluding tert-OH is 1. The molecule has 0 aliphatic rings. The molecule has 274 valence electrons. The summed E-state index contributed by atoms with van der Waals surface area (Å²) in [4.78, 5) is 24.2. The molecule has 0 fully saturated rings. The van der Waals surface area contributed by atoms with Crippen LogP contribution in [0.5, 0.6) is 0 Å². The summed E-state index contributed by atoms with van der Waals surface area (Å²) in [6, 6.07) is 0. The Morgan fingerprint density at radius 3 is 1.35 bits per heavy atom. The van der Waals surface area contributed by atoms with E-state index < -0.39 is 6.10 Å². The maximum absolute atomic E-state index is 12.2. The van der Waals surface area contributed by atoms with Crippen molar-refractivity contribution < 1.29 is 24.2 Å². The van der Waals surface area contributed by atoms with Crippen molar-refractivity contribution in [3.8, 4) is 0 Å². The smallest absolute Gasteiger partial charge is 0.306 e. The van der Waals surface area contributed by atoms with Gasteiger partial charge in [-0.2, -0.15) is 0 Å². The molecule has 0 spiro atoms. The van der Waals surface area contributed by atoms with E-state index >= 15 is 0 Å². The van der Waals surface area contributed by atoms with Gasteiger partial charge in [0.25, 0.3) is 0 Å². The van der Waals surface area contributed by atoms with E-state index in [1.165, 1.54) is 64.2 Å². The zero-order valence-electron chi connectivity index (χ0n) is 31.0. The van der Waals surface area contributed by atoms with Crippen LogP contribution in [0.25, 0.3) is 0 Å². The molecular weight excluding hydrogens is 596 g/mol. The molecule has 1 unspecified atom stereocenters. The van der Waals surface area contributed by atoms with E-state index in [1.54, 1.807) is 0 Å². The van der Waals surface area contributed by atoms with Crippen LogP contribution < -0.4 is 0 Å². The van der Waals surface area contributed by atoms with Crippen LogP contribution in [0.3, 0.4) is 0 Å². The predicted molar refractivity (Wildman–Crippen MR) is 205 cm³/mol. The highest BCUT2D eigenvalue weighted by Crippen LogP contribution is 2.13. The summed E-state index contributed by atoms with van der Waals surface area (Å²) in [6.07, 6.45) is 51.0. The van der Waals surface area contributed by atoms with E-state index in [-0.39, 0.29) is 25.2 Å². The largest absolute Gasteiger partial charge is 0.462 e. The zero-order valence-corrected chi connectivity index (χ0v) is 31.0. The fourth-order valence-electron chi connectivity index (χ4n) is 5.09. The summed E-state index contributed by atoms with van der Waals surface area (Å²) in [5.74, 6) is -0.645. The van der Waals surface area contributed by atoms with Crippen molar-refractivity contribution in [2.45, 2.75) is 174 Å². The minimum absolute atomic E-state index is 0.0853. The van der Waals surface area contributed by atoms with Gasteiger partial charge in [0, 0.05) is 12.8 Å². The van der Waals surface area contributed by atoms with Crippen LogP contribution in [0.2, 0.25) is 0 Å². The van der Waals surface area contributed by atoms with Gasteiger partial charge in [-0.1, -0.05) is 164 Å². The Labute approximate surface area is 295 Å². The molecule has 0 heterocycles. The molecule has 5 nitrogen and oxygen atoms in total. The van der Waals surface area contributed by atoms with Gasteiger partial charge in [0.15, 0.2) is 6.10 Å². The van der Waals surface area contributed by atoms with Crippen molar-refractivity contribution in [3.05, 3.63) is 72.9 Å². The maximum atomic E-state index is 12.2. The lowest BCUT2D eigenvalue weighted by Gasteiger charge is -2.15. The highest BCUT2D eigenvalue weighted by Gasteiger charge is 2.16. The summed E-state index contributed by atoms with van der Waals surface area (Å²) < 4.78 is 10.6. The monoisotopic (exact) mass is 669 g/mol. The van der Waals surface area contributed by atoms with Crippen molar-refractivity contribution in [1.82, 2.24) is 0 Å². The highest BCUT2D eigenvalue weighted by molar-refractivity contribution is 5.70. The minimum Gasteiger partial charge on any atom is -0.462 e. The molecule has 0 aromatic rings. The average Bonchev–Trinajstić information content (AvgIpc) is 3.09. The number of hydrogen-bond acceptors (Lipinski definition) is 5. The summed E-state index contributed by atoms with van der Waals surface area (Å²) in [7, 11) is 0. The van der Waals surface area contributed by atoms with Crippen molar-refractivity contribution in [3.63, 3.8) is 0 Å². The third-order valence-corrected chi connectivity index (χ3v) is 8.01. The molecule has 1 N–H and O–H groups in total. The van der Waals surface area contributed by atoms with Crippen molar-refractivity contribution >= 4 is 11.9 Å². The molecule has 0 saturated carbocycles. The lowest BCUT2D eigenvalue weighted by atomic mass is 10.0. The number of aliphatic hydroxyl groups is 1. The van der Waals surface area contributed by atoms with Gasteiger partial charge in [-0.05, 0) is 64.2 Å². The van der Waals surface area contributed by atoms with Crippen LogP contribution in [-0.4, -0.2) is 36.4 Å². The standard InChI is InChI=1S/C43H72O5/c1-3-5-7-9-11-13-15-17-18-19-20-21-22-23-24-26-28-30-32-34-36-38-43(46)48-41(39-44)40-47-42(45)37-35-33-31-29-27-25-16-14-12-10-8-6-4-2/h5,7,11,13,17-18,20-21,23-24,28,30,41,44H,3-4,6,8-10,12,14-16,19,22,25-27,29,31-40H2,1-2H3/b7-5-,13-11-,18-17-,21-20-,24-23-,30-28-. The first-order valence-corrected chi connectivity index (χ1v) is 19.5. The number of carbonyl (C=O) groups excluding carboxylic acids is 2. The van der Waals surface area contributed by atoms with Gasteiger partial charge >= 0.3 is 11.9 Å². The van der Waals surface area contributed by atoms with E-state index in [0.717, 1.165) is 77.0 Å². The topological polar surface area (TPSA) is 72.8 Å². The van der Waals surface area contributed by atoms with Gasteiger partial charge in [0.1, 0.15) is 6.61 Å². The van der Waals surface area contributed by atoms with Crippen LogP contribution in [0, 0.1) is 0 Å². The quantitative estimate of drug-likeness (QED) is 0.0420. The number of hydrogen-bond donors (Lipinski definition) is 1. The molecule has 48 heavy (non-hydrogen) atoms. The van der Waals surface area contributed by atoms with Gasteiger partial charge in [0.2, 0.25) is 0 Å². The number of ether oxygens (including phenoxy) is 2. The molecule has 0 aromatic carbocycles. The minimum atomic E-state index is -0.795. The van der Waals surface area contributed by atoms with Crippen LogP contribution in [0.1, 0.15) is 168 Å². The summed E-state index contributed by atoms with van der Waals surface area (Å²) in [5, 5.41) is 9.54.